The summed E-state index contributed by atoms with van der Waals surface area (Å²) >= 11 is 0. The van der Waals surface area contributed by atoms with Crippen LogP contribution in [0.15, 0.2) is 48.5 Å². The van der Waals surface area contributed by atoms with E-state index < -0.39 is 28.9 Å². The highest BCUT2D eigenvalue weighted by atomic mass is 16.6. The predicted octanol–water partition coefficient (Wildman–Crippen LogP) is 1.54. The van der Waals surface area contributed by atoms with Crippen LogP contribution in [0, 0.1) is 10.1 Å². The third kappa shape index (κ3) is 5.04. The molecule has 28 heavy (non-hydrogen) atoms. The molecule has 2 N–H and O–H groups in total. The molecule has 0 bridgehead atoms. The summed E-state index contributed by atoms with van der Waals surface area (Å²) in [6, 6.07) is 11.3. The van der Waals surface area contributed by atoms with Crippen LogP contribution in [0.5, 0.6) is 5.75 Å². The Morgan fingerprint density at radius 3 is 2.43 bits per heavy atom. The minimum absolute atomic E-state index is 0.0647. The van der Waals surface area contributed by atoms with Gasteiger partial charge >= 0.3 is 11.7 Å². The molecule has 1 amide bonds. The Morgan fingerprint density at radius 2 is 1.86 bits per heavy atom. The molecule has 0 fully saturated rings. The first-order chi connectivity index (χ1) is 13.4. The molecular weight excluding hydrogens is 368 g/mol. The van der Waals surface area contributed by atoms with E-state index in [0.29, 0.717) is 11.1 Å². The van der Waals surface area contributed by atoms with Gasteiger partial charge in [0, 0.05) is 12.5 Å². The van der Waals surface area contributed by atoms with Gasteiger partial charge in [-0.2, -0.15) is 0 Å². The van der Waals surface area contributed by atoms with Gasteiger partial charge in [0.25, 0.3) is 5.91 Å². The smallest absolute Gasteiger partial charge is 0.328 e. The van der Waals surface area contributed by atoms with Crippen LogP contribution in [0.4, 0.5) is 5.69 Å². The van der Waals surface area contributed by atoms with E-state index in [-0.39, 0.29) is 17.9 Å². The summed E-state index contributed by atoms with van der Waals surface area (Å²) in [6.45, 7) is 0. The average Bonchev–Trinajstić information content (AvgIpc) is 2.72. The molecule has 0 aromatic heterocycles. The number of amides is 1. The summed E-state index contributed by atoms with van der Waals surface area (Å²) in [5.41, 5.74) is 0.514. The zero-order valence-electron chi connectivity index (χ0n) is 15.3. The van der Waals surface area contributed by atoms with Crippen LogP contribution in [0.2, 0.25) is 0 Å². The highest BCUT2D eigenvalue weighted by Gasteiger charge is 2.27. The first-order valence-electron chi connectivity index (χ1n) is 8.30. The molecule has 148 valence electrons. The van der Waals surface area contributed by atoms with E-state index in [1.165, 1.54) is 19.2 Å². The molecule has 2 aromatic rings. The number of rotatable bonds is 8. The number of nitrogens with zero attached hydrogens (tertiary/aromatic N) is 1. The number of nitro groups is 1. The number of esters is 1. The van der Waals surface area contributed by atoms with E-state index in [2.05, 4.69) is 5.32 Å². The van der Waals surface area contributed by atoms with E-state index in [1.54, 1.807) is 36.4 Å². The van der Waals surface area contributed by atoms with Crippen LogP contribution in [0.3, 0.4) is 0 Å². The number of nitrogens with one attached hydrogen (secondary N) is 1. The molecule has 2 atom stereocenters. The molecule has 0 saturated heterocycles. The summed E-state index contributed by atoms with van der Waals surface area (Å²) in [7, 11) is 2.47. The van der Waals surface area contributed by atoms with Gasteiger partial charge in [0.2, 0.25) is 0 Å². The summed E-state index contributed by atoms with van der Waals surface area (Å²) in [5, 5.41) is 23.8. The Hall–Kier alpha value is -3.46. The van der Waals surface area contributed by atoms with Crippen molar-refractivity contribution in [2.24, 2.45) is 0 Å². The summed E-state index contributed by atoms with van der Waals surface area (Å²) in [6.07, 6.45) is -1.54. The van der Waals surface area contributed by atoms with Gasteiger partial charge in [0.1, 0.15) is 6.04 Å². The second kappa shape index (κ2) is 9.47. The summed E-state index contributed by atoms with van der Waals surface area (Å²) < 4.78 is 9.64. The molecule has 0 aliphatic carbocycles. The van der Waals surface area contributed by atoms with Crippen molar-refractivity contribution in [2.45, 2.75) is 18.6 Å². The fraction of sp³-hybridized carbons (Fsp3) is 0.263. The van der Waals surface area contributed by atoms with Gasteiger partial charge in [-0.25, -0.2) is 4.79 Å². The van der Waals surface area contributed by atoms with Crippen molar-refractivity contribution in [3.63, 3.8) is 0 Å². The minimum Gasteiger partial charge on any atom is -0.490 e. The van der Waals surface area contributed by atoms with Crippen molar-refractivity contribution in [1.29, 1.82) is 0 Å². The number of aliphatic hydroxyl groups is 1. The highest BCUT2D eigenvalue weighted by molar-refractivity contribution is 5.87. The van der Waals surface area contributed by atoms with E-state index >= 15 is 0 Å². The van der Waals surface area contributed by atoms with Crippen LogP contribution >= 0.6 is 0 Å². The Balaban J connectivity index is 2.20. The van der Waals surface area contributed by atoms with Crippen molar-refractivity contribution in [3.8, 4) is 5.75 Å². The first kappa shape index (κ1) is 20.8. The Bertz CT molecular complexity index is 855. The maximum atomic E-state index is 12.3. The van der Waals surface area contributed by atoms with Gasteiger partial charge in [0.15, 0.2) is 11.9 Å². The molecular formula is C19H20N2O7. The van der Waals surface area contributed by atoms with Crippen molar-refractivity contribution < 1.29 is 29.1 Å². The second-order valence-electron chi connectivity index (χ2n) is 5.86. The van der Waals surface area contributed by atoms with Crippen LogP contribution in [-0.4, -0.2) is 42.2 Å². The number of ether oxygens (including phenoxy) is 2. The lowest BCUT2D eigenvalue weighted by molar-refractivity contribution is -0.385. The molecule has 0 heterocycles. The quantitative estimate of drug-likeness (QED) is 0.399. The topological polar surface area (TPSA) is 128 Å². The van der Waals surface area contributed by atoms with Gasteiger partial charge in [-0.1, -0.05) is 36.4 Å². The fourth-order valence-electron chi connectivity index (χ4n) is 2.61. The molecule has 0 unspecified atom stereocenters. The van der Waals surface area contributed by atoms with Gasteiger partial charge in [-0.15, -0.1) is 0 Å². The maximum absolute atomic E-state index is 12.3. The lowest BCUT2D eigenvalue weighted by Gasteiger charge is -2.19. The van der Waals surface area contributed by atoms with Crippen LogP contribution in [0.25, 0.3) is 0 Å². The Morgan fingerprint density at radius 1 is 1.18 bits per heavy atom. The molecule has 2 aromatic carbocycles. The normalized spacial score (nSPS) is 12.5. The number of benzene rings is 2. The van der Waals surface area contributed by atoms with E-state index in [9.17, 15) is 24.8 Å². The predicted molar refractivity (Wildman–Crippen MR) is 98.7 cm³/mol. The molecule has 9 heteroatoms. The largest absolute Gasteiger partial charge is 0.490 e. The average molecular weight is 388 g/mol. The third-order valence-corrected chi connectivity index (χ3v) is 4.05. The van der Waals surface area contributed by atoms with Gasteiger partial charge in [-0.3, -0.25) is 14.9 Å². The standard InChI is InChI=1S/C19H20N2O7/c1-27-16-9-8-12(11-15(16)21(25)26)10-14(19(24)28-2)20-18(23)17(22)13-6-4-3-5-7-13/h3-9,11,14,17,22H,10H2,1-2H3,(H,20,23)/t14-,17-/m0/s1. The van der Waals surface area contributed by atoms with E-state index in [1.807, 2.05) is 0 Å². The second-order valence-corrected chi connectivity index (χ2v) is 5.86. The number of aliphatic hydroxyl groups excluding tert-OH is 1. The SMILES string of the molecule is COC(=O)[C@H](Cc1ccc(OC)c([N+](=O)[O-])c1)NC(=O)[C@@H](O)c1ccccc1. The fourth-order valence-corrected chi connectivity index (χ4v) is 2.61. The van der Waals surface area contributed by atoms with E-state index in [0.717, 1.165) is 7.11 Å². The monoisotopic (exact) mass is 388 g/mol. The third-order valence-electron chi connectivity index (χ3n) is 4.05. The number of hydrogen-bond donors (Lipinski definition) is 2. The number of methoxy groups -OCH3 is 2. The van der Waals surface area contributed by atoms with E-state index in [4.69, 9.17) is 9.47 Å². The zero-order chi connectivity index (χ0) is 20.7. The lowest BCUT2D eigenvalue weighted by Crippen LogP contribution is -2.45. The van der Waals surface area contributed by atoms with Crippen molar-refractivity contribution in [3.05, 3.63) is 69.8 Å². The number of nitro benzene ring substituents is 1. The Labute approximate surface area is 161 Å². The molecule has 9 nitrogen and oxygen atoms in total. The first-order valence-corrected chi connectivity index (χ1v) is 8.30. The minimum atomic E-state index is -1.47. The highest BCUT2D eigenvalue weighted by Crippen LogP contribution is 2.28. The zero-order valence-corrected chi connectivity index (χ0v) is 15.3. The maximum Gasteiger partial charge on any atom is 0.328 e. The van der Waals surface area contributed by atoms with Crippen molar-refractivity contribution in [2.75, 3.05) is 14.2 Å². The number of carbonyl (C=O) groups is 2. The Kier molecular flexibility index (Phi) is 7.05. The molecule has 0 radical (unpaired) electrons. The lowest BCUT2D eigenvalue weighted by atomic mass is 10.0. The summed E-state index contributed by atoms with van der Waals surface area (Å²) in [4.78, 5) is 35.0. The van der Waals surface area contributed by atoms with Crippen LogP contribution in [0.1, 0.15) is 17.2 Å². The molecule has 0 saturated carbocycles. The molecule has 0 aliphatic rings. The van der Waals surface area contributed by atoms with Crippen LogP contribution < -0.4 is 10.1 Å². The van der Waals surface area contributed by atoms with Gasteiger partial charge in [0.05, 0.1) is 19.1 Å². The molecule has 0 aliphatic heterocycles. The molecule has 0 spiro atoms. The van der Waals surface area contributed by atoms with Gasteiger partial charge in [-0.05, 0) is 17.2 Å². The number of carbonyl (C=O) groups excluding carboxylic acids is 2. The van der Waals surface area contributed by atoms with Crippen molar-refractivity contribution >= 4 is 17.6 Å². The molecule has 2 rings (SSSR count). The van der Waals surface area contributed by atoms with Gasteiger partial charge < -0.3 is 19.9 Å². The van der Waals surface area contributed by atoms with Crippen LogP contribution in [-0.2, 0) is 20.7 Å². The summed E-state index contributed by atoms with van der Waals surface area (Å²) in [5.74, 6) is -1.46. The number of hydrogen-bond acceptors (Lipinski definition) is 7. The van der Waals surface area contributed by atoms with Crippen molar-refractivity contribution in [1.82, 2.24) is 5.32 Å².